The maximum Gasteiger partial charge on any atom is 0.248 e. The van der Waals surface area contributed by atoms with Crippen LogP contribution >= 0.6 is 0 Å². The van der Waals surface area contributed by atoms with E-state index in [1.165, 1.54) is 0 Å². The second-order valence-corrected chi connectivity index (χ2v) is 4.58. The molecular formula is C10H17F2N3. The number of nitrogens with one attached hydrogen (secondary N) is 2. The molecule has 0 spiro atoms. The van der Waals surface area contributed by atoms with Gasteiger partial charge in [-0.15, -0.1) is 0 Å². The number of halogens is 2. The molecule has 0 bridgehead atoms. The SMILES string of the molecule is CC1CN=C(NCCC2CC(F)(F)C2)N1. The van der Waals surface area contributed by atoms with Crippen LogP contribution in [0.5, 0.6) is 0 Å². The second kappa shape index (κ2) is 3.94. The predicted molar refractivity (Wildman–Crippen MR) is 55.2 cm³/mol. The molecule has 1 heterocycles. The third-order valence-corrected chi connectivity index (χ3v) is 2.93. The van der Waals surface area contributed by atoms with E-state index in [4.69, 9.17) is 0 Å². The first-order valence-corrected chi connectivity index (χ1v) is 5.48. The standard InChI is InChI=1S/C10H17F2N3/c1-7-6-14-9(15-7)13-3-2-8-4-10(11,12)5-8/h7-8H,2-6H2,1H3,(H2,13,14,15). The quantitative estimate of drug-likeness (QED) is 0.749. The van der Waals surface area contributed by atoms with Gasteiger partial charge in [0.1, 0.15) is 0 Å². The van der Waals surface area contributed by atoms with E-state index in [1.807, 2.05) is 0 Å². The Morgan fingerprint density at radius 2 is 2.27 bits per heavy atom. The predicted octanol–water partition coefficient (Wildman–Crippen LogP) is 1.36. The number of alkyl halides is 2. The van der Waals surface area contributed by atoms with Gasteiger partial charge in [-0.3, -0.25) is 4.99 Å². The molecule has 0 aromatic rings. The molecule has 2 aliphatic rings. The summed E-state index contributed by atoms with van der Waals surface area (Å²) in [6.07, 6.45) is 0.931. The molecule has 0 aromatic heterocycles. The van der Waals surface area contributed by atoms with Crippen LogP contribution < -0.4 is 10.6 Å². The lowest BCUT2D eigenvalue weighted by atomic mass is 9.79. The maximum atomic E-state index is 12.5. The van der Waals surface area contributed by atoms with Crippen molar-refractivity contribution in [2.24, 2.45) is 10.9 Å². The molecule has 3 nitrogen and oxygen atoms in total. The number of aliphatic imine (C=N–C) groups is 1. The monoisotopic (exact) mass is 217 g/mol. The molecule has 1 unspecified atom stereocenters. The molecule has 0 aromatic carbocycles. The number of hydrogen-bond acceptors (Lipinski definition) is 3. The second-order valence-electron chi connectivity index (χ2n) is 4.58. The molecule has 5 heteroatoms. The van der Waals surface area contributed by atoms with Gasteiger partial charge in [0.25, 0.3) is 0 Å². The molecule has 0 radical (unpaired) electrons. The highest BCUT2D eigenvalue weighted by Gasteiger charge is 2.44. The van der Waals surface area contributed by atoms with Crippen LogP contribution in [0, 0.1) is 5.92 Å². The zero-order chi connectivity index (χ0) is 10.9. The van der Waals surface area contributed by atoms with E-state index >= 15 is 0 Å². The van der Waals surface area contributed by atoms with E-state index in [0.29, 0.717) is 6.04 Å². The Kier molecular flexibility index (Phi) is 2.80. The zero-order valence-corrected chi connectivity index (χ0v) is 8.89. The molecule has 1 fully saturated rings. The van der Waals surface area contributed by atoms with Crippen molar-refractivity contribution in [3.63, 3.8) is 0 Å². The summed E-state index contributed by atoms with van der Waals surface area (Å²) in [5, 5.41) is 6.30. The van der Waals surface area contributed by atoms with Crippen LogP contribution in [0.4, 0.5) is 8.78 Å². The van der Waals surface area contributed by atoms with Gasteiger partial charge in [0.15, 0.2) is 5.96 Å². The van der Waals surface area contributed by atoms with Crippen LogP contribution in [-0.2, 0) is 0 Å². The molecule has 1 aliphatic heterocycles. The number of rotatable bonds is 3. The smallest absolute Gasteiger partial charge is 0.248 e. The fraction of sp³-hybridized carbons (Fsp3) is 0.900. The van der Waals surface area contributed by atoms with E-state index < -0.39 is 5.92 Å². The summed E-state index contributed by atoms with van der Waals surface area (Å²) in [4.78, 5) is 4.23. The minimum atomic E-state index is -2.39. The van der Waals surface area contributed by atoms with Crippen molar-refractivity contribution in [2.45, 2.75) is 38.2 Å². The first kappa shape index (κ1) is 10.6. The van der Waals surface area contributed by atoms with E-state index in [2.05, 4.69) is 22.5 Å². The molecule has 1 atom stereocenters. The molecule has 1 saturated carbocycles. The Labute approximate surface area is 88.3 Å². The molecule has 86 valence electrons. The molecule has 0 amide bonds. The Balaban J connectivity index is 1.57. The fourth-order valence-electron chi connectivity index (χ4n) is 2.04. The highest BCUT2D eigenvalue weighted by molar-refractivity contribution is 5.81. The van der Waals surface area contributed by atoms with Crippen LogP contribution in [0.25, 0.3) is 0 Å². The Morgan fingerprint density at radius 3 is 2.80 bits per heavy atom. The van der Waals surface area contributed by atoms with Crippen LogP contribution in [0.3, 0.4) is 0 Å². The van der Waals surface area contributed by atoms with Crippen molar-refractivity contribution in [2.75, 3.05) is 13.1 Å². The van der Waals surface area contributed by atoms with Crippen molar-refractivity contribution in [3.8, 4) is 0 Å². The Morgan fingerprint density at radius 1 is 1.53 bits per heavy atom. The summed E-state index contributed by atoms with van der Waals surface area (Å²) in [5.41, 5.74) is 0. The molecule has 15 heavy (non-hydrogen) atoms. The fourth-order valence-corrected chi connectivity index (χ4v) is 2.04. The third kappa shape index (κ3) is 2.79. The number of hydrogen-bond donors (Lipinski definition) is 2. The van der Waals surface area contributed by atoms with Gasteiger partial charge in [-0.05, 0) is 19.3 Å². The number of guanidine groups is 1. The van der Waals surface area contributed by atoms with E-state index in [1.54, 1.807) is 0 Å². The van der Waals surface area contributed by atoms with Crippen LogP contribution in [0.2, 0.25) is 0 Å². The van der Waals surface area contributed by atoms with Gasteiger partial charge in [0.05, 0.1) is 6.54 Å². The van der Waals surface area contributed by atoms with Crippen molar-refractivity contribution in [1.82, 2.24) is 10.6 Å². The molecule has 1 aliphatic carbocycles. The van der Waals surface area contributed by atoms with Crippen LogP contribution in [0.15, 0.2) is 4.99 Å². The van der Waals surface area contributed by atoms with E-state index in [9.17, 15) is 8.78 Å². The van der Waals surface area contributed by atoms with Gasteiger partial charge in [0, 0.05) is 25.4 Å². The first-order valence-electron chi connectivity index (χ1n) is 5.48. The van der Waals surface area contributed by atoms with Gasteiger partial charge in [0.2, 0.25) is 5.92 Å². The van der Waals surface area contributed by atoms with Crippen molar-refractivity contribution in [1.29, 1.82) is 0 Å². The van der Waals surface area contributed by atoms with Gasteiger partial charge in [-0.2, -0.15) is 0 Å². The van der Waals surface area contributed by atoms with E-state index in [0.717, 1.165) is 25.5 Å². The minimum absolute atomic E-state index is 0.0605. The summed E-state index contributed by atoms with van der Waals surface area (Å²) in [6.45, 7) is 3.59. The normalized spacial score (nSPS) is 29.3. The average molecular weight is 217 g/mol. The van der Waals surface area contributed by atoms with Crippen LogP contribution in [0.1, 0.15) is 26.2 Å². The van der Waals surface area contributed by atoms with Crippen molar-refractivity contribution >= 4 is 5.96 Å². The lowest BCUT2D eigenvalue weighted by Crippen LogP contribution is -2.41. The highest BCUT2D eigenvalue weighted by atomic mass is 19.3. The minimum Gasteiger partial charge on any atom is -0.356 e. The van der Waals surface area contributed by atoms with Gasteiger partial charge in [-0.1, -0.05) is 0 Å². The summed E-state index contributed by atoms with van der Waals surface area (Å²) in [5.74, 6) is -1.39. The van der Waals surface area contributed by atoms with Gasteiger partial charge < -0.3 is 10.6 Å². The summed E-state index contributed by atoms with van der Waals surface area (Å²) < 4.78 is 25.0. The van der Waals surface area contributed by atoms with Crippen molar-refractivity contribution < 1.29 is 8.78 Å². The maximum absolute atomic E-state index is 12.5. The summed E-state index contributed by atoms with van der Waals surface area (Å²) >= 11 is 0. The molecule has 2 rings (SSSR count). The highest BCUT2D eigenvalue weighted by Crippen LogP contribution is 2.43. The van der Waals surface area contributed by atoms with Gasteiger partial charge >= 0.3 is 0 Å². The van der Waals surface area contributed by atoms with Crippen LogP contribution in [-0.4, -0.2) is 31.0 Å². The first-order chi connectivity index (χ1) is 7.05. The molecule has 2 N–H and O–H groups in total. The lowest BCUT2D eigenvalue weighted by molar-refractivity contribution is -0.111. The molecular weight excluding hydrogens is 200 g/mol. The zero-order valence-electron chi connectivity index (χ0n) is 8.89. The van der Waals surface area contributed by atoms with E-state index in [-0.39, 0.29) is 18.8 Å². The Bertz CT molecular complexity index is 257. The Hall–Kier alpha value is -0.870. The van der Waals surface area contributed by atoms with Crippen molar-refractivity contribution in [3.05, 3.63) is 0 Å². The summed E-state index contributed by atoms with van der Waals surface area (Å²) in [6, 6.07) is 0.389. The number of nitrogens with zero attached hydrogens (tertiary/aromatic N) is 1. The lowest BCUT2D eigenvalue weighted by Gasteiger charge is -2.34. The third-order valence-electron chi connectivity index (χ3n) is 2.93. The topological polar surface area (TPSA) is 36.4 Å². The summed E-state index contributed by atoms with van der Waals surface area (Å²) in [7, 11) is 0. The van der Waals surface area contributed by atoms with Gasteiger partial charge in [-0.25, -0.2) is 8.78 Å². The average Bonchev–Trinajstić information content (AvgIpc) is 2.48. The largest absolute Gasteiger partial charge is 0.356 e. The molecule has 0 saturated heterocycles.